The Balaban J connectivity index is 0.990. The number of pyridine rings is 5. The van der Waals surface area contributed by atoms with Crippen LogP contribution in [0, 0.1) is 0 Å². The molecule has 0 amide bonds. The van der Waals surface area contributed by atoms with E-state index in [4.69, 9.17) is 18.9 Å². The molecule has 0 fully saturated rings. The summed E-state index contributed by atoms with van der Waals surface area (Å²) in [7, 11) is 0. The van der Waals surface area contributed by atoms with Crippen molar-refractivity contribution in [3.63, 3.8) is 0 Å². The van der Waals surface area contributed by atoms with Crippen LogP contribution in [0.2, 0.25) is 0 Å². The maximum atomic E-state index is 5.98. The number of nitrogens with zero attached hydrogens (tertiary/aromatic N) is 5. The van der Waals surface area contributed by atoms with Gasteiger partial charge in [0, 0.05) is 12.4 Å². The quantitative estimate of drug-likeness (QED) is 0.132. The van der Waals surface area contributed by atoms with E-state index in [-0.39, 0.29) is 12.2 Å². The van der Waals surface area contributed by atoms with Crippen molar-refractivity contribution < 1.29 is 18.9 Å². The first-order chi connectivity index (χ1) is 21.6. The van der Waals surface area contributed by atoms with Crippen LogP contribution in [0.3, 0.4) is 0 Å². The molecule has 9 nitrogen and oxygen atoms in total. The van der Waals surface area contributed by atoms with Crippen molar-refractivity contribution >= 4 is 0 Å². The van der Waals surface area contributed by atoms with Gasteiger partial charge in [-0.25, -0.2) is 9.97 Å². The molecule has 2 atom stereocenters. The molecular formula is C35H37N5O4. The summed E-state index contributed by atoms with van der Waals surface area (Å²) >= 11 is 0. The molecule has 0 saturated heterocycles. The van der Waals surface area contributed by atoms with Gasteiger partial charge in [0.25, 0.3) is 0 Å². The maximum Gasteiger partial charge on any atom is 0.0892 e. The average molecular weight is 592 g/mol. The summed E-state index contributed by atoms with van der Waals surface area (Å²) < 4.78 is 23.7. The number of hydrogen-bond acceptors (Lipinski definition) is 9. The predicted octanol–water partition coefficient (Wildman–Crippen LogP) is 6.24. The summed E-state index contributed by atoms with van der Waals surface area (Å²) in [5, 5.41) is 0. The summed E-state index contributed by atoms with van der Waals surface area (Å²) in [6.45, 7) is 6.42. The van der Waals surface area contributed by atoms with Gasteiger partial charge in [-0.3, -0.25) is 15.0 Å². The minimum absolute atomic E-state index is 0.105. The van der Waals surface area contributed by atoms with E-state index in [1.165, 1.54) is 0 Å². The molecule has 226 valence electrons. The van der Waals surface area contributed by atoms with E-state index in [1.54, 1.807) is 12.4 Å². The Hall–Kier alpha value is -4.41. The lowest BCUT2D eigenvalue weighted by molar-refractivity contribution is -0.0239. The van der Waals surface area contributed by atoms with Crippen molar-refractivity contribution in [1.82, 2.24) is 24.9 Å². The van der Waals surface area contributed by atoms with Crippen molar-refractivity contribution in [1.29, 1.82) is 0 Å². The van der Waals surface area contributed by atoms with Gasteiger partial charge in [-0.1, -0.05) is 30.3 Å². The van der Waals surface area contributed by atoms with Crippen LogP contribution in [0.1, 0.15) is 36.6 Å². The van der Waals surface area contributed by atoms with Gasteiger partial charge in [-0.2, -0.15) is 0 Å². The van der Waals surface area contributed by atoms with E-state index >= 15 is 0 Å². The Morgan fingerprint density at radius 1 is 0.455 bits per heavy atom. The molecule has 0 aliphatic carbocycles. The molecule has 0 unspecified atom stereocenters. The minimum Gasteiger partial charge on any atom is -0.372 e. The molecule has 0 saturated carbocycles. The van der Waals surface area contributed by atoms with Crippen molar-refractivity contribution in [2.45, 2.75) is 52.5 Å². The molecule has 5 aromatic rings. The zero-order valence-electron chi connectivity index (χ0n) is 25.1. The van der Waals surface area contributed by atoms with Crippen LogP contribution in [-0.2, 0) is 45.4 Å². The summed E-state index contributed by atoms with van der Waals surface area (Å²) in [4.78, 5) is 22.7. The van der Waals surface area contributed by atoms with Crippen LogP contribution < -0.4 is 0 Å². The lowest BCUT2D eigenvalue weighted by atomic mass is 10.2. The van der Waals surface area contributed by atoms with Crippen LogP contribution in [-0.4, -0.2) is 50.3 Å². The molecule has 0 N–H and O–H groups in total. The van der Waals surface area contributed by atoms with Crippen molar-refractivity contribution in [3.8, 4) is 22.8 Å². The fourth-order valence-corrected chi connectivity index (χ4v) is 4.33. The number of aromatic nitrogens is 5. The monoisotopic (exact) mass is 591 g/mol. The molecular weight excluding hydrogens is 554 g/mol. The molecule has 0 aliphatic rings. The molecule has 5 aromatic heterocycles. The third-order valence-corrected chi connectivity index (χ3v) is 6.57. The first-order valence-electron chi connectivity index (χ1n) is 14.7. The fourth-order valence-electron chi connectivity index (χ4n) is 4.33. The van der Waals surface area contributed by atoms with E-state index in [2.05, 4.69) is 24.9 Å². The molecule has 0 aromatic carbocycles. The second-order valence-corrected chi connectivity index (χ2v) is 10.4. The molecule has 5 heterocycles. The van der Waals surface area contributed by atoms with Crippen LogP contribution in [0.15, 0.2) is 103 Å². The Morgan fingerprint density at radius 2 is 0.864 bits per heavy atom. The van der Waals surface area contributed by atoms with Gasteiger partial charge in [0.2, 0.25) is 0 Å². The first kappa shape index (κ1) is 31.0. The second-order valence-electron chi connectivity index (χ2n) is 10.4. The third kappa shape index (κ3) is 9.82. The normalized spacial score (nSPS) is 12.6. The first-order valence-corrected chi connectivity index (χ1v) is 14.7. The van der Waals surface area contributed by atoms with E-state index in [9.17, 15) is 0 Å². The summed E-state index contributed by atoms with van der Waals surface area (Å²) in [6.07, 6.45) is 3.32. The molecule has 0 radical (unpaired) electrons. The van der Waals surface area contributed by atoms with E-state index in [0.717, 1.165) is 45.6 Å². The van der Waals surface area contributed by atoms with Crippen LogP contribution >= 0.6 is 0 Å². The van der Waals surface area contributed by atoms with Gasteiger partial charge in [0.05, 0.1) is 97.4 Å². The Kier molecular flexibility index (Phi) is 11.6. The number of rotatable bonds is 16. The zero-order chi connectivity index (χ0) is 30.4. The lowest BCUT2D eigenvalue weighted by Crippen LogP contribution is -2.17. The van der Waals surface area contributed by atoms with E-state index in [0.29, 0.717) is 39.6 Å². The Labute approximate surface area is 258 Å². The van der Waals surface area contributed by atoms with Crippen molar-refractivity contribution in [2.75, 3.05) is 13.2 Å². The fraction of sp³-hybridized carbons (Fsp3) is 0.286. The summed E-state index contributed by atoms with van der Waals surface area (Å²) in [5.74, 6) is 0. The molecule has 5 rings (SSSR count). The molecule has 0 bridgehead atoms. The predicted molar refractivity (Wildman–Crippen MR) is 167 cm³/mol. The maximum absolute atomic E-state index is 5.98. The van der Waals surface area contributed by atoms with Gasteiger partial charge in [0.1, 0.15) is 0 Å². The number of ether oxygens (including phenoxy) is 4. The van der Waals surface area contributed by atoms with Crippen molar-refractivity contribution in [2.24, 2.45) is 0 Å². The highest BCUT2D eigenvalue weighted by molar-refractivity contribution is 5.54. The lowest BCUT2D eigenvalue weighted by Gasteiger charge is -2.15. The molecule has 0 aliphatic heterocycles. The average Bonchev–Trinajstić information content (AvgIpc) is 3.08. The van der Waals surface area contributed by atoms with Gasteiger partial charge < -0.3 is 18.9 Å². The summed E-state index contributed by atoms with van der Waals surface area (Å²) in [6, 6.07) is 29.1. The third-order valence-electron chi connectivity index (χ3n) is 6.57. The van der Waals surface area contributed by atoms with Crippen LogP contribution in [0.5, 0.6) is 0 Å². The highest BCUT2D eigenvalue weighted by Gasteiger charge is 2.09. The molecule has 9 heteroatoms. The smallest absolute Gasteiger partial charge is 0.0892 e. The largest absolute Gasteiger partial charge is 0.372 e. The second kappa shape index (κ2) is 16.4. The van der Waals surface area contributed by atoms with E-state index < -0.39 is 0 Å². The Morgan fingerprint density at radius 3 is 1.30 bits per heavy atom. The SMILES string of the molecule is C[C@@H](COCc1cccc(-c2ccccn2)n1)OCc1cccc(CO[C@@H](C)COCc2cccc(-c3ccccn3)n2)n1. The Bertz CT molecular complexity index is 1460. The van der Waals surface area contributed by atoms with Crippen LogP contribution in [0.4, 0.5) is 0 Å². The molecule has 0 spiro atoms. The van der Waals surface area contributed by atoms with Gasteiger partial charge >= 0.3 is 0 Å². The summed E-state index contributed by atoms with van der Waals surface area (Å²) in [5.41, 5.74) is 6.70. The highest BCUT2D eigenvalue weighted by Crippen LogP contribution is 2.16. The number of hydrogen-bond donors (Lipinski definition) is 0. The minimum atomic E-state index is -0.105. The van der Waals surface area contributed by atoms with Gasteiger partial charge in [-0.15, -0.1) is 0 Å². The zero-order valence-corrected chi connectivity index (χ0v) is 25.1. The standard InChI is InChI=1S/C35H37N5O4/c1-26(20-41-22-28-12-8-16-34(39-28)32-14-3-5-18-36-32)43-24-30-10-7-11-31(38-30)25-44-27(2)21-42-23-29-13-9-17-35(40-29)33-15-4-6-19-37-33/h3-19,26-27H,20-25H2,1-2H3/t26-,27-/m0/s1. The highest BCUT2D eigenvalue weighted by atomic mass is 16.5. The van der Waals surface area contributed by atoms with E-state index in [1.807, 2.05) is 105 Å². The van der Waals surface area contributed by atoms with Crippen LogP contribution in [0.25, 0.3) is 22.8 Å². The van der Waals surface area contributed by atoms with Gasteiger partial charge in [0.15, 0.2) is 0 Å². The van der Waals surface area contributed by atoms with Gasteiger partial charge in [-0.05, 0) is 74.5 Å². The molecule has 44 heavy (non-hydrogen) atoms. The topological polar surface area (TPSA) is 101 Å². The van der Waals surface area contributed by atoms with Crippen molar-refractivity contribution in [3.05, 3.63) is 126 Å².